The molecule has 37 heavy (non-hydrogen) atoms. The third kappa shape index (κ3) is 8.63. The number of rotatable bonds is 9. The lowest BCUT2D eigenvalue weighted by atomic mass is 10.1. The van der Waals surface area contributed by atoms with Gasteiger partial charge in [0.05, 0.1) is 12.0 Å². The van der Waals surface area contributed by atoms with Gasteiger partial charge in [0.2, 0.25) is 17.7 Å². The van der Waals surface area contributed by atoms with Crippen LogP contribution in [-0.4, -0.2) is 47.4 Å². The van der Waals surface area contributed by atoms with E-state index in [2.05, 4.69) is 16.0 Å². The van der Waals surface area contributed by atoms with Gasteiger partial charge in [0.15, 0.2) is 0 Å². The minimum absolute atomic E-state index is 0.0332. The van der Waals surface area contributed by atoms with Gasteiger partial charge in [-0.05, 0) is 51.0 Å². The summed E-state index contributed by atoms with van der Waals surface area (Å²) in [5.74, 6) is -0.887. The van der Waals surface area contributed by atoms with Crippen molar-refractivity contribution in [2.75, 3.05) is 18.4 Å². The van der Waals surface area contributed by atoms with Gasteiger partial charge in [0.1, 0.15) is 5.60 Å². The van der Waals surface area contributed by atoms with Crippen LogP contribution in [0.25, 0.3) is 0 Å². The lowest BCUT2D eigenvalue weighted by molar-refractivity contribution is -0.129. The average Bonchev–Trinajstić information content (AvgIpc) is 3.23. The Bertz CT molecular complexity index is 1110. The number of hydrogen-bond donors (Lipinski definition) is 3. The van der Waals surface area contributed by atoms with Crippen LogP contribution in [0.15, 0.2) is 54.6 Å². The highest BCUT2D eigenvalue weighted by Crippen LogP contribution is 2.29. The van der Waals surface area contributed by atoms with Crippen LogP contribution in [0.5, 0.6) is 0 Å². The molecule has 0 spiro atoms. The Labute approximate surface area is 217 Å². The van der Waals surface area contributed by atoms with Gasteiger partial charge < -0.3 is 25.6 Å². The topological polar surface area (TPSA) is 117 Å². The fourth-order valence-electron chi connectivity index (χ4n) is 4.08. The minimum atomic E-state index is -0.597. The molecule has 2 aromatic rings. The molecule has 0 bridgehead atoms. The molecular formula is C28H36N4O5. The second-order valence-electron chi connectivity index (χ2n) is 10.2. The van der Waals surface area contributed by atoms with Crippen LogP contribution in [-0.2, 0) is 25.7 Å². The second kappa shape index (κ2) is 12.4. The zero-order valence-electron chi connectivity index (χ0n) is 21.9. The molecule has 9 heteroatoms. The van der Waals surface area contributed by atoms with Crippen LogP contribution < -0.4 is 16.0 Å². The van der Waals surface area contributed by atoms with E-state index in [4.69, 9.17) is 4.74 Å². The first-order valence-corrected chi connectivity index (χ1v) is 12.5. The van der Waals surface area contributed by atoms with Crippen molar-refractivity contribution in [1.82, 2.24) is 15.5 Å². The van der Waals surface area contributed by atoms with Crippen molar-refractivity contribution in [2.24, 2.45) is 5.92 Å². The Kier molecular flexibility index (Phi) is 9.27. The molecule has 9 nitrogen and oxygen atoms in total. The summed E-state index contributed by atoms with van der Waals surface area (Å²) in [4.78, 5) is 51.0. The fourth-order valence-corrected chi connectivity index (χ4v) is 4.08. The highest BCUT2D eigenvalue weighted by Gasteiger charge is 2.37. The summed E-state index contributed by atoms with van der Waals surface area (Å²) in [5.41, 5.74) is 1.85. The second-order valence-corrected chi connectivity index (χ2v) is 10.2. The number of nitrogens with one attached hydrogen (secondary N) is 3. The van der Waals surface area contributed by atoms with Crippen molar-refractivity contribution in [3.05, 3.63) is 65.7 Å². The Morgan fingerprint density at radius 3 is 2.49 bits per heavy atom. The zero-order chi connectivity index (χ0) is 27.0. The Hall–Kier alpha value is -3.88. The lowest BCUT2D eigenvalue weighted by Gasteiger charge is -2.25. The quantitative estimate of drug-likeness (QED) is 0.477. The van der Waals surface area contributed by atoms with Gasteiger partial charge in [-0.2, -0.15) is 0 Å². The lowest BCUT2D eigenvalue weighted by Crippen LogP contribution is -2.35. The van der Waals surface area contributed by atoms with Crippen LogP contribution in [0, 0.1) is 5.92 Å². The van der Waals surface area contributed by atoms with Crippen molar-refractivity contribution >= 4 is 29.5 Å². The number of carbonyl (C=O) groups is 4. The number of nitrogens with zero attached hydrogens (tertiary/aromatic N) is 1. The summed E-state index contributed by atoms with van der Waals surface area (Å²) >= 11 is 0. The smallest absolute Gasteiger partial charge is 0.407 e. The molecule has 0 radical (unpaired) electrons. The molecule has 3 N–H and O–H groups in total. The first-order valence-electron chi connectivity index (χ1n) is 12.5. The van der Waals surface area contributed by atoms with Crippen molar-refractivity contribution in [1.29, 1.82) is 0 Å². The molecule has 2 unspecified atom stereocenters. The molecule has 1 aliphatic heterocycles. The summed E-state index contributed by atoms with van der Waals surface area (Å²) in [5, 5.41) is 8.26. The highest BCUT2D eigenvalue weighted by atomic mass is 16.6. The predicted octanol–water partition coefficient (Wildman–Crippen LogP) is 3.77. The first-order chi connectivity index (χ1) is 17.5. The molecule has 1 heterocycles. The third-order valence-corrected chi connectivity index (χ3v) is 5.98. The monoisotopic (exact) mass is 508 g/mol. The Balaban J connectivity index is 1.45. The maximum Gasteiger partial charge on any atom is 0.407 e. The number of alkyl carbamates (subject to hydrolysis) is 1. The van der Waals surface area contributed by atoms with E-state index in [1.807, 2.05) is 43.3 Å². The largest absolute Gasteiger partial charge is 0.444 e. The van der Waals surface area contributed by atoms with E-state index >= 15 is 0 Å². The van der Waals surface area contributed by atoms with Crippen LogP contribution >= 0.6 is 0 Å². The van der Waals surface area contributed by atoms with Gasteiger partial charge in [0, 0.05) is 38.2 Å². The van der Waals surface area contributed by atoms with Crippen molar-refractivity contribution in [3.8, 4) is 0 Å². The van der Waals surface area contributed by atoms with E-state index in [0.717, 1.165) is 11.1 Å². The number of benzene rings is 2. The summed E-state index contributed by atoms with van der Waals surface area (Å²) in [7, 11) is 0. The normalized spacial score (nSPS) is 16.2. The highest BCUT2D eigenvalue weighted by molar-refractivity contribution is 5.97. The Morgan fingerprint density at radius 2 is 1.78 bits per heavy atom. The number of ether oxygens (including phenoxy) is 1. The van der Waals surface area contributed by atoms with Crippen molar-refractivity contribution in [2.45, 2.75) is 58.7 Å². The number of likely N-dealkylation sites (tertiary alicyclic amines) is 1. The standard InChI is InChI=1S/C28H36N4O5/c1-19(21-10-6-5-7-11-21)32-18-22(16-25(32)34)26(35)31-23-12-8-9-20(15-23)17-30-24(33)13-14-29-27(36)37-28(2,3)4/h5-12,15,19,22H,13-14,16-18H2,1-4H3,(H,29,36)(H,30,33)(H,31,35). The number of hydrogen-bond acceptors (Lipinski definition) is 5. The molecule has 1 saturated heterocycles. The fraction of sp³-hybridized carbons (Fsp3) is 0.429. The maximum absolute atomic E-state index is 12.9. The van der Waals surface area contributed by atoms with Gasteiger partial charge >= 0.3 is 6.09 Å². The van der Waals surface area contributed by atoms with Crippen LogP contribution in [0.4, 0.5) is 10.5 Å². The number of anilines is 1. The van der Waals surface area contributed by atoms with Gasteiger partial charge in [-0.25, -0.2) is 4.79 Å². The van der Waals surface area contributed by atoms with E-state index in [9.17, 15) is 19.2 Å². The van der Waals surface area contributed by atoms with Crippen molar-refractivity contribution < 1.29 is 23.9 Å². The number of amides is 4. The molecule has 0 aliphatic carbocycles. The van der Waals surface area contributed by atoms with Crippen LogP contribution in [0.3, 0.4) is 0 Å². The summed E-state index contributed by atoms with van der Waals surface area (Å²) in [6.07, 6.45) is -0.273. The molecule has 2 aromatic carbocycles. The molecule has 2 atom stereocenters. The maximum atomic E-state index is 12.9. The van der Waals surface area contributed by atoms with E-state index < -0.39 is 17.6 Å². The third-order valence-electron chi connectivity index (χ3n) is 5.98. The zero-order valence-corrected chi connectivity index (χ0v) is 21.9. The first kappa shape index (κ1) is 27.7. The minimum Gasteiger partial charge on any atom is -0.444 e. The van der Waals surface area contributed by atoms with E-state index in [1.165, 1.54) is 0 Å². The molecule has 3 rings (SSSR count). The summed E-state index contributed by atoms with van der Waals surface area (Å²) in [6, 6.07) is 16.9. The van der Waals surface area contributed by atoms with E-state index in [1.54, 1.807) is 43.9 Å². The molecule has 4 amide bonds. The van der Waals surface area contributed by atoms with Crippen LogP contribution in [0.2, 0.25) is 0 Å². The van der Waals surface area contributed by atoms with Gasteiger partial charge in [-0.15, -0.1) is 0 Å². The van der Waals surface area contributed by atoms with E-state index in [-0.39, 0.29) is 49.7 Å². The van der Waals surface area contributed by atoms with Crippen LogP contribution in [0.1, 0.15) is 57.7 Å². The Morgan fingerprint density at radius 1 is 1.05 bits per heavy atom. The average molecular weight is 509 g/mol. The van der Waals surface area contributed by atoms with E-state index in [0.29, 0.717) is 12.2 Å². The summed E-state index contributed by atoms with van der Waals surface area (Å²) < 4.78 is 5.14. The van der Waals surface area contributed by atoms with Gasteiger partial charge in [-0.3, -0.25) is 14.4 Å². The summed E-state index contributed by atoms with van der Waals surface area (Å²) in [6.45, 7) is 8.08. The molecule has 198 valence electrons. The van der Waals surface area contributed by atoms with Crippen molar-refractivity contribution in [3.63, 3.8) is 0 Å². The molecule has 0 aromatic heterocycles. The number of carbonyl (C=O) groups excluding carboxylic acids is 4. The van der Waals surface area contributed by atoms with Gasteiger partial charge in [-0.1, -0.05) is 42.5 Å². The molecule has 1 aliphatic rings. The molecular weight excluding hydrogens is 472 g/mol. The van der Waals surface area contributed by atoms with Gasteiger partial charge in [0.25, 0.3) is 0 Å². The SMILES string of the molecule is CC(c1ccccc1)N1CC(C(=O)Nc2cccc(CNC(=O)CCNC(=O)OC(C)(C)C)c2)CC1=O. The molecule has 1 fully saturated rings. The molecule has 0 saturated carbocycles. The predicted molar refractivity (Wildman–Crippen MR) is 140 cm³/mol.